The van der Waals surface area contributed by atoms with Crippen molar-refractivity contribution < 1.29 is 4.74 Å². The standard InChI is InChI=1S/C12H24N2O/c1-2-11(1)9-14-6-5-13-7-8-15-10-12-3-4-12/h11-14H,1-10H2. The molecule has 3 nitrogen and oxygen atoms in total. The van der Waals surface area contributed by atoms with E-state index in [0.717, 1.165) is 44.7 Å². The third kappa shape index (κ3) is 6.13. The van der Waals surface area contributed by atoms with Gasteiger partial charge in [0.1, 0.15) is 0 Å². The van der Waals surface area contributed by atoms with Gasteiger partial charge in [0.15, 0.2) is 0 Å². The maximum absolute atomic E-state index is 5.53. The molecule has 2 rings (SSSR count). The van der Waals surface area contributed by atoms with Crippen LogP contribution in [0.1, 0.15) is 25.7 Å². The predicted octanol–water partition coefficient (Wildman–Crippen LogP) is 1.00. The monoisotopic (exact) mass is 212 g/mol. The second-order valence-corrected chi connectivity index (χ2v) is 4.92. The highest BCUT2D eigenvalue weighted by atomic mass is 16.5. The Morgan fingerprint density at radius 1 is 0.867 bits per heavy atom. The van der Waals surface area contributed by atoms with Gasteiger partial charge in [0.25, 0.3) is 0 Å². The van der Waals surface area contributed by atoms with Gasteiger partial charge in [0.2, 0.25) is 0 Å². The van der Waals surface area contributed by atoms with Crippen LogP contribution in [-0.4, -0.2) is 39.4 Å². The SMILES string of the molecule is C(CNCC1CC1)NCCOCC1CC1. The van der Waals surface area contributed by atoms with Gasteiger partial charge in [-0.25, -0.2) is 0 Å². The molecule has 0 unspecified atom stereocenters. The van der Waals surface area contributed by atoms with E-state index in [-0.39, 0.29) is 0 Å². The van der Waals surface area contributed by atoms with Gasteiger partial charge in [0.05, 0.1) is 6.61 Å². The van der Waals surface area contributed by atoms with Gasteiger partial charge in [0, 0.05) is 26.2 Å². The molecule has 15 heavy (non-hydrogen) atoms. The van der Waals surface area contributed by atoms with Gasteiger partial charge in [-0.3, -0.25) is 0 Å². The molecule has 88 valence electrons. The smallest absolute Gasteiger partial charge is 0.0591 e. The Labute approximate surface area is 93.0 Å². The fourth-order valence-corrected chi connectivity index (χ4v) is 1.61. The van der Waals surface area contributed by atoms with Crippen LogP contribution in [0.25, 0.3) is 0 Å². The van der Waals surface area contributed by atoms with Crippen LogP contribution in [-0.2, 0) is 4.74 Å². The van der Waals surface area contributed by atoms with E-state index in [1.54, 1.807) is 0 Å². The lowest BCUT2D eigenvalue weighted by Crippen LogP contribution is -2.30. The fourth-order valence-electron chi connectivity index (χ4n) is 1.61. The molecule has 2 aliphatic carbocycles. The first-order valence-corrected chi connectivity index (χ1v) is 6.44. The molecular formula is C12H24N2O. The van der Waals surface area contributed by atoms with E-state index >= 15 is 0 Å². The molecular weight excluding hydrogens is 188 g/mol. The van der Waals surface area contributed by atoms with Crippen molar-refractivity contribution in [3.05, 3.63) is 0 Å². The van der Waals surface area contributed by atoms with Crippen molar-refractivity contribution in [2.75, 3.05) is 39.4 Å². The molecule has 0 heterocycles. The van der Waals surface area contributed by atoms with Gasteiger partial charge in [-0.2, -0.15) is 0 Å². The number of hydrogen-bond donors (Lipinski definition) is 2. The molecule has 0 aromatic heterocycles. The molecule has 0 atom stereocenters. The van der Waals surface area contributed by atoms with Crippen molar-refractivity contribution in [1.29, 1.82) is 0 Å². The van der Waals surface area contributed by atoms with Crippen molar-refractivity contribution in [1.82, 2.24) is 10.6 Å². The van der Waals surface area contributed by atoms with E-state index in [0.29, 0.717) is 0 Å². The highest BCUT2D eigenvalue weighted by molar-refractivity contribution is 4.75. The summed E-state index contributed by atoms with van der Waals surface area (Å²) in [6.07, 6.45) is 5.65. The average Bonchev–Trinajstić information content (AvgIpc) is 3.10. The minimum atomic E-state index is 0.874. The highest BCUT2D eigenvalue weighted by Crippen LogP contribution is 2.28. The Kier molecular flexibility index (Phi) is 4.90. The summed E-state index contributed by atoms with van der Waals surface area (Å²) >= 11 is 0. The summed E-state index contributed by atoms with van der Waals surface area (Å²) in [5.41, 5.74) is 0. The fraction of sp³-hybridized carbons (Fsp3) is 1.00. The number of hydrogen-bond acceptors (Lipinski definition) is 3. The van der Waals surface area contributed by atoms with Crippen molar-refractivity contribution in [3.8, 4) is 0 Å². The predicted molar refractivity (Wildman–Crippen MR) is 62.0 cm³/mol. The summed E-state index contributed by atoms with van der Waals surface area (Å²) in [4.78, 5) is 0. The highest BCUT2D eigenvalue weighted by Gasteiger charge is 2.21. The minimum Gasteiger partial charge on any atom is -0.380 e. The molecule has 3 heteroatoms. The zero-order valence-corrected chi connectivity index (χ0v) is 9.63. The summed E-state index contributed by atoms with van der Waals surface area (Å²) in [5, 5.41) is 6.85. The van der Waals surface area contributed by atoms with E-state index in [2.05, 4.69) is 10.6 Å². The molecule has 0 spiro atoms. The molecule has 2 aliphatic rings. The Bertz CT molecular complexity index is 149. The van der Waals surface area contributed by atoms with E-state index in [4.69, 9.17) is 4.74 Å². The molecule has 0 aromatic rings. The topological polar surface area (TPSA) is 33.3 Å². The molecule has 2 N–H and O–H groups in total. The largest absolute Gasteiger partial charge is 0.380 e. The molecule has 2 fully saturated rings. The second kappa shape index (κ2) is 6.46. The first kappa shape index (κ1) is 11.4. The number of ether oxygens (including phenoxy) is 1. The lowest BCUT2D eigenvalue weighted by molar-refractivity contribution is 0.126. The molecule has 0 amide bonds. The van der Waals surface area contributed by atoms with Gasteiger partial charge in [-0.05, 0) is 44.1 Å². The molecule has 0 aromatic carbocycles. The zero-order valence-electron chi connectivity index (χ0n) is 9.63. The molecule has 0 saturated heterocycles. The number of nitrogens with one attached hydrogen (secondary N) is 2. The van der Waals surface area contributed by atoms with E-state index in [9.17, 15) is 0 Å². The van der Waals surface area contributed by atoms with Crippen LogP contribution >= 0.6 is 0 Å². The maximum atomic E-state index is 5.53. The maximum Gasteiger partial charge on any atom is 0.0591 e. The summed E-state index contributed by atoms with van der Waals surface area (Å²) in [6.45, 7) is 6.25. The molecule has 0 radical (unpaired) electrons. The Morgan fingerprint density at radius 3 is 2.33 bits per heavy atom. The third-order valence-electron chi connectivity index (χ3n) is 3.08. The van der Waals surface area contributed by atoms with Crippen LogP contribution in [0.4, 0.5) is 0 Å². The zero-order chi connectivity index (χ0) is 10.3. The molecule has 2 saturated carbocycles. The van der Waals surface area contributed by atoms with Gasteiger partial charge < -0.3 is 15.4 Å². The first-order chi connectivity index (χ1) is 7.45. The quantitative estimate of drug-likeness (QED) is 0.530. The lowest BCUT2D eigenvalue weighted by Gasteiger charge is -2.06. The van der Waals surface area contributed by atoms with Crippen LogP contribution in [0, 0.1) is 11.8 Å². The van der Waals surface area contributed by atoms with Crippen molar-refractivity contribution in [2.24, 2.45) is 11.8 Å². The number of rotatable bonds is 10. The Balaban J connectivity index is 1.23. The van der Waals surface area contributed by atoms with Crippen LogP contribution in [0.3, 0.4) is 0 Å². The van der Waals surface area contributed by atoms with Gasteiger partial charge >= 0.3 is 0 Å². The molecule has 0 bridgehead atoms. The summed E-state index contributed by atoms with van der Waals surface area (Å²) in [7, 11) is 0. The lowest BCUT2D eigenvalue weighted by atomic mass is 10.4. The van der Waals surface area contributed by atoms with Crippen molar-refractivity contribution >= 4 is 0 Å². The third-order valence-corrected chi connectivity index (χ3v) is 3.08. The summed E-state index contributed by atoms with van der Waals surface area (Å²) in [6, 6.07) is 0. The normalized spacial score (nSPS) is 20.8. The van der Waals surface area contributed by atoms with Crippen molar-refractivity contribution in [3.63, 3.8) is 0 Å². The Morgan fingerprint density at radius 2 is 1.60 bits per heavy atom. The Hall–Kier alpha value is -0.120. The van der Waals surface area contributed by atoms with E-state index in [1.165, 1.54) is 32.2 Å². The van der Waals surface area contributed by atoms with Crippen LogP contribution in [0.15, 0.2) is 0 Å². The van der Waals surface area contributed by atoms with Gasteiger partial charge in [-0.15, -0.1) is 0 Å². The van der Waals surface area contributed by atoms with E-state index < -0.39 is 0 Å². The summed E-state index contributed by atoms with van der Waals surface area (Å²) < 4.78 is 5.53. The van der Waals surface area contributed by atoms with Crippen LogP contribution < -0.4 is 10.6 Å². The van der Waals surface area contributed by atoms with Crippen LogP contribution in [0.5, 0.6) is 0 Å². The first-order valence-electron chi connectivity index (χ1n) is 6.44. The minimum absolute atomic E-state index is 0.874. The van der Waals surface area contributed by atoms with Crippen LogP contribution in [0.2, 0.25) is 0 Å². The summed E-state index contributed by atoms with van der Waals surface area (Å²) in [5.74, 6) is 1.89. The second-order valence-electron chi connectivity index (χ2n) is 4.92. The van der Waals surface area contributed by atoms with Crippen molar-refractivity contribution in [2.45, 2.75) is 25.7 Å². The molecule has 0 aliphatic heterocycles. The average molecular weight is 212 g/mol. The van der Waals surface area contributed by atoms with Gasteiger partial charge in [-0.1, -0.05) is 0 Å². The van der Waals surface area contributed by atoms with E-state index in [1.807, 2.05) is 0 Å².